The lowest BCUT2D eigenvalue weighted by Gasteiger charge is -2.18. The molecule has 0 saturated carbocycles. The van der Waals surface area contributed by atoms with Crippen molar-refractivity contribution in [3.63, 3.8) is 0 Å². The van der Waals surface area contributed by atoms with Gasteiger partial charge in [0.25, 0.3) is 5.89 Å². The lowest BCUT2D eigenvalue weighted by atomic mass is 10.0. The zero-order valence-corrected chi connectivity index (χ0v) is 16.7. The SMILES string of the molecule is CC1(C)Cc2cccc(OCC(=O)OCc3nc(-c4ccc(Cl)cc4)no3)c2O1. The maximum absolute atomic E-state index is 12.0. The number of carbonyl (C=O) groups is 1. The Morgan fingerprint density at radius 3 is 2.79 bits per heavy atom. The van der Waals surface area contributed by atoms with Gasteiger partial charge in [0.15, 0.2) is 24.7 Å². The molecule has 150 valence electrons. The van der Waals surface area contributed by atoms with E-state index in [4.69, 9.17) is 30.3 Å². The zero-order valence-electron chi connectivity index (χ0n) is 16.0. The third kappa shape index (κ3) is 4.51. The fourth-order valence-electron chi connectivity index (χ4n) is 3.05. The van der Waals surface area contributed by atoms with Crippen LogP contribution in [0, 0.1) is 0 Å². The van der Waals surface area contributed by atoms with Gasteiger partial charge in [-0.2, -0.15) is 4.98 Å². The number of hydrogen-bond donors (Lipinski definition) is 0. The van der Waals surface area contributed by atoms with E-state index in [1.165, 1.54) is 0 Å². The second kappa shape index (κ2) is 7.75. The van der Waals surface area contributed by atoms with Crippen molar-refractivity contribution in [2.45, 2.75) is 32.5 Å². The Kier molecular flexibility index (Phi) is 5.15. The summed E-state index contributed by atoms with van der Waals surface area (Å²) in [5.41, 5.74) is 1.52. The van der Waals surface area contributed by atoms with Crippen LogP contribution in [0.3, 0.4) is 0 Å². The molecule has 0 bridgehead atoms. The molecule has 0 atom stereocenters. The van der Waals surface area contributed by atoms with Crippen molar-refractivity contribution < 1.29 is 23.5 Å². The first-order valence-corrected chi connectivity index (χ1v) is 9.45. The molecule has 0 radical (unpaired) electrons. The monoisotopic (exact) mass is 414 g/mol. The smallest absolute Gasteiger partial charge is 0.344 e. The number of carbonyl (C=O) groups excluding carboxylic acids is 1. The van der Waals surface area contributed by atoms with E-state index in [2.05, 4.69) is 10.1 Å². The van der Waals surface area contributed by atoms with Crippen LogP contribution >= 0.6 is 11.6 Å². The largest absolute Gasteiger partial charge is 0.483 e. The number of halogens is 1. The van der Waals surface area contributed by atoms with Crippen molar-refractivity contribution in [3.05, 3.63) is 58.9 Å². The standard InChI is InChI=1S/C21H19ClN2O5/c1-21(2)10-14-4-3-5-16(19(14)28-21)26-12-18(25)27-11-17-23-20(24-29-17)13-6-8-15(22)9-7-13/h3-9H,10-12H2,1-2H3. The van der Waals surface area contributed by atoms with Gasteiger partial charge in [0, 0.05) is 22.6 Å². The van der Waals surface area contributed by atoms with E-state index in [1.54, 1.807) is 30.3 Å². The van der Waals surface area contributed by atoms with E-state index in [0.29, 0.717) is 22.3 Å². The molecular weight excluding hydrogens is 396 g/mol. The van der Waals surface area contributed by atoms with Gasteiger partial charge in [0.1, 0.15) is 5.60 Å². The number of benzene rings is 2. The molecule has 0 N–H and O–H groups in total. The summed E-state index contributed by atoms with van der Waals surface area (Å²) >= 11 is 5.87. The lowest BCUT2D eigenvalue weighted by Crippen LogP contribution is -2.24. The molecule has 0 unspecified atom stereocenters. The van der Waals surface area contributed by atoms with Crippen molar-refractivity contribution >= 4 is 17.6 Å². The Morgan fingerprint density at radius 2 is 2.00 bits per heavy atom. The van der Waals surface area contributed by atoms with Gasteiger partial charge in [0.05, 0.1) is 0 Å². The fourth-order valence-corrected chi connectivity index (χ4v) is 3.18. The molecule has 7 nitrogen and oxygen atoms in total. The molecule has 1 aliphatic heterocycles. The lowest BCUT2D eigenvalue weighted by molar-refractivity contribution is -0.148. The van der Waals surface area contributed by atoms with Crippen LogP contribution < -0.4 is 9.47 Å². The summed E-state index contributed by atoms with van der Waals surface area (Å²) in [6, 6.07) is 12.6. The summed E-state index contributed by atoms with van der Waals surface area (Å²) in [7, 11) is 0. The van der Waals surface area contributed by atoms with Crippen LogP contribution in [-0.4, -0.2) is 28.3 Å². The average Bonchev–Trinajstić information content (AvgIpc) is 3.28. The van der Waals surface area contributed by atoms with Crippen LogP contribution in [0.5, 0.6) is 11.5 Å². The molecule has 3 aromatic rings. The summed E-state index contributed by atoms with van der Waals surface area (Å²) < 4.78 is 21.8. The van der Waals surface area contributed by atoms with Gasteiger partial charge in [-0.3, -0.25) is 0 Å². The van der Waals surface area contributed by atoms with Gasteiger partial charge in [-0.25, -0.2) is 4.79 Å². The Bertz CT molecular complexity index is 1030. The van der Waals surface area contributed by atoms with Crippen LogP contribution in [0.2, 0.25) is 5.02 Å². The van der Waals surface area contributed by atoms with E-state index in [9.17, 15) is 4.79 Å². The molecule has 8 heteroatoms. The molecule has 0 aliphatic carbocycles. The highest BCUT2D eigenvalue weighted by Gasteiger charge is 2.32. The number of para-hydroxylation sites is 1. The average molecular weight is 415 g/mol. The summed E-state index contributed by atoms with van der Waals surface area (Å²) in [6.07, 6.45) is 0.789. The van der Waals surface area contributed by atoms with E-state index in [0.717, 1.165) is 17.5 Å². The third-order valence-corrected chi connectivity index (χ3v) is 4.58. The highest BCUT2D eigenvalue weighted by atomic mass is 35.5. The molecule has 0 fully saturated rings. The molecule has 4 rings (SSSR count). The first kappa shape index (κ1) is 19.3. The molecule has 0 saturated heterocycles. The van der Waals surface area contributed by atoms with Crippen molar-refractivity contribution in [1.82, 2.24) is 10.1 Å². The number of aromatic nitrogens is 2. The highest BCUT2D eigenvalue weighted by molar-refractivity contribution is 6.30. The number of hydrogen-bond acceptors (Lipinski definition) is 7. The van der Waals surface area contributed by atoms with Crippen LogP contribution in [0.15, 0.2) is 47.0 Å². The number of fused-ring (bicyclic) bond motifs is 1. The van der Waals surface area contributed by atoms with Crippen molar-refractivity contribution in [2.24, 2.45) is 0 Å². The van der Waals surface area contributed by atoms with Crippen LogP contribution in [0.1, 0.15) is 25.3 Å². The second-order valence-corrected chi connectivity index (χ2v) is 7.69. The predicted molar refractivity (Wildman–Crippen MR) is 105 cm³/mol. The van der Waals surface area contributed by atoms with E-state index in [1.807, 2.05) is 26.0 Å². The first-order valence-electron chi connectivity index (χ1n) is 9.07. The Balaban J connectivity index is 1.31. The first-order chi connectivity index (χ1) is 13.9. The molecular formula is C21H19ClN2O5. The molecule has 0 spiro atoms. The van der Waals surface area contributed by atoms with Crippen LogP contribution in [-0.2, 0) is 22.6 Å². The Hall–Kier alpha value is -3.06. The van der Waals surface area contributed by atoms with Gasteiger partial charge < -0.3 is 18.7 Å². The Morgan fingerprint density at radius 1 is 1.21 bits per heavy atom. The maximum atomic E-state index is 12.0. The maximum Gasteiger partial charge on any atom is 0.344 e. The van der Waals surface area contributed by atoms with Crippen molar-refractivity contribution in [3.8, 4) is 22.9 Å². The quantitative estimate of drug-likeness (QED) is 0.558. The van der Waals surface area contributed by atoms with Crippen LogP contribution in [0.4, 0.5) is 0 Å². The minimum atomic E-state index is -0.550. The summed E-state index contributed by atoms with van der Waals surface area (Å²) in [6.45, 7) is 3.62. The Labute approximate surface area is 172 Å². The summed E-state index contributed by atoms with van der Waals surface area (Å²) in [4.78, 5) is 16.2. The van der Waals surface area contributed by atoms with Gasteiger partial charge in [-0.05, 0) is 44.2 Å². The topological polar surface area (TPSA) is 83.7 Å². The molecule has 29 heavy (non-hydrogen) atoms. The normalized spacial score (nSPS) is 14.2. The summed E-state index contributed by atoms with van der Waals surface area (Å²) in [5.74, 6) is 1.23. The molecule has 1 aromatic heterocycles. The van der Waals surface area contributed by atoms with Crippen molar-refractivity contribution in [2.75, 3.05) is 6.61 Å². The van der Waals surface area contributed by atoms with E-state index in [-0.39, 0.29) is 24.7 Å². The molecule has 0 amide bonds. The minimum absolute atomic E-state index is 0.140. The van der Waals surface area contributed by atoms with Gasteiger partial charge in [-0.1, -0.05) is 28.9 Å². The third-order valence-electron chi connectivity index (χ3n) is 4.33. The van der Waals surface area contributed by atoms with E-state index < -0.39 is 5.97 Å². The molecule has 2 heterocycles. The minimum Gasteiger partial charge on any atom is -0.483 e. The van der Waals surface area contributed by atoms with Crippen molar-refractivity contribution in [1.29, 1.82) is 0 Å². The van der Waals surface area contributed by atoms with Gasteiger partial charge in [-0.15, -0.1) is 0 Å². The van der Waals surface area contributed by atoms with E-state index >= 15 is 0 Å². The number of ether oxygens (including phenoxy) is 3. The summed E-state index contributed by atoms with van der Waals surface area (Å²) in [5, 5.41) is 4.49. The fraction of sp³-hybridized carbons (Fsp3) is 0.286. The molecule has 1 aliphatic rings. The number of nitrogens with zero attached hydrogens (tertiary/aromatic N) is 2. The number of rotatable bonds is 6. The molecule has 2 aromatic carbocycles. The predicted octanol–water partition coefficient (Wildman–Crippen LogP) is 4.23. The van der Waals surface area contributed by atoms with Gasteiger partial charge in [0.2, 0.25) is 5.82 Å². The van der Waals surface area contributed by atoms with Crippen LogP contribution in [0.25, 0.3) is 11.4 Å². The van der Waals surface area contributed by atoms with Gasteiger partial charge >= 0.3 is 5.97 Å². The number of esters is 1. The highest BCUT2D eigenvalue weighted by Crippen LogP contribution is 2.41. The zero-order chi connectivity index (χ0) is 20.4. The second-order valence-electron chi connectivity index (χ2n) is 7.25.